The molecule has 1 heterocycles. The van der Waals surface area contributed by atoms with Gasteiger partial charge in [-0.25, -0.2) is 0 Å². The number of carbonyl (C=O) groups is 1. The minimum Gasteiger partial charge on any atom is -0.469 e. The van der Waals surface area contributed by atoms with E-state index in [2.05, 4.69) is 52.7 Å². The maximum absolute atomic E-state index is 10.3. The van der Waals surface area contributed by atoms with E-state index in [0.717, 1.165) is 22.3 Å². The average molecular weight is 469 g/mol. The van der Waals surface area contributed by atoms with Crippen molar-refractivity contribution < 1.29 is 9.53 Å². The van der Waals surface area contributed by atoms with Crippen molar-refractivity contribution in [1.82, 2.24) is 4.98 Å². The molecule has 1 aliphatic rings. The maximum Gasteiger partial charge on any atom is 0.308 e. The molecule has 3 rings (SSSR count). The summed E-state index contributed by atoms with van der Waals surface area (Å²) in [4.78, 5) is 15.0. The van der Waals surface area contributed by atoms with Crippen LogP contribution < -0.4 is 0 Å². The van der Waals surface area contributed by atoms with E-state index in [1.807, 2.05) is 12.3 Å². The number of benzene rings is 1. The van der Waals surface area contributed by atoms with Crippen LogP contribution in [0.4, 0.5) is 0 Å². The first-order valence-corrected chi connectivity index (χ1v) is 10.4. The van der Waals surface area contributed by atoms with E-state index in [4.69, 9.17) is 16.6 Å². The van der Waals surface area contributed by atoms with Crippen LogP contribution in [0.3, 0.4) is 0 Å². The molecule has 0 saturated heterocycles. The third kappa shape index (κ3) is 6.05. The third-order valence-electron chi connectivity index (χ3n) is 4.71. The van der Waals surface area contributed by atoms with E-state index in [1.54, 1.807) is 13.8 Å². The lowest BCUT2D eigenvalue weighted by molar-refractivity contribution is -0.144. The summed E-state index contributed by atoms with van der Waals surface area (Å²) in [5.74, 6) is 0.721. The Balaban J connectivity index is 0.000000425. The summed E-state index contributed by atoms with van der Waals surface area (Å²) < 4.78 is 5.43. The fourth-order valence-corrected chi connectivity index (χ4v) is 3.97. The van der Waals surface area contributed by atoms with E-state index < -0.39 is 0 Å². The molecular formula is C23H31BrClNO2. The van der Waals surface area contributed by atoms with E-state index in [1.165, 1.54) is 29.5 Å². The zero-order valence-corrected chi connectivity index (χ0v) is 18.9. The first-order chi connectivity index (χ1) is 12.7. The van der Waals surface area contributed by atoms with Gasteiger partial charge in [-0.1, -0.05) is 52.8 Å². The van der Waals surface area contributed by atoms with Crippen LogP contribution in [0.15, 0.2) is 34.9 Å². The number of fused-ring (bicyclic) bond motifs is 2. The standard InChI is InChI=1S/C17H17BrClN.C5H10O2.CH4/c1-10(2)16-15-6-5-14(19)8-11(15)3-4-12-7-13(18)9-20-17(12)16;1-4(2)5(6)7-3;/h5-10,16H,3-4H2,1-2H3;4H,1-3H3;1H4. The van der Waals surface area contributed by atoms with Crippen LogP contribution in [0.5, 0.6) is 0 Å². The van der Waals surface area contributed by atoms with Gasteiger partial charge in [0.05, 0.1) is 18.7 Å². The molecule has 28 heavy (non-hydrogen) atoms. The highest BCUT2D eigenvalue weighted by Gasteiger charge is 2.27. The molecular weight excluding hydrogens is 438 g/mol. The van der Waals surface area contributed by atoms with E-state index in [9.17, 15) is 4.79 Å². The van der Waals surface area contributed by atoms with Crippen molar-refractivity contribution >= 4 is 33.5 Å². The molecule has 0 N–H and O–H groups in total. The van der Waals surface area contributed by atoms with Crippen molar-refractivity contribution in [2.45, 2.75) is 53.9 Å². The number of aromatic nitrogens is 1. The topological polar surface area (TPSA) is 39.2 Å². The number of ether oxygens (including phenoxy) is 1. The summed E-state index contributed by atoms with van der Waals surface area (Å²) in [7, 11) is 1.39. The second-order valence-corrected chi connectivity index (χ2v) is 8.79. The average Bonchev–Trinajstić information content (AvgIpc) is 2.77. The van der Waals surface area contributed by atoms with Gasteiger partial charge in [0.1, 0.15) is 0 Å². The van der Waals surface area contributed by atoms with Gasteiger partial charge >= 0.3 is 5.97 Å². The van der Waals surface area contributed by atoms with E-state index in [-0.39, 0.29) is 19.3 Å². The summed E-state index contributed by atoms with van der Waals surface area (Å²) in [5, 5.41) is 0.825. The molecule has 0 bridgehead atoms. The highest BCUT2D eigenvalue weighted by atomic mass is 79.9. The van der Waals surface area contributed by atoms with E-state index in [0.29, 0.717) is 11.8 Å². The minimum atomic E-state index is -0.153. The monoisotopic (exact) mass is 467 g/mol. The van der Waals surface area contributed by atoms with Crippen LogP contribution >= 0.6 is 27.5 Å². The number of rotatable bonds is 2. The summed E-state index contributed by atoms with van der Waals surface area (Å²) >= 11 is 9.71. The fraction of sp³-hybridized carbons (Fsp3) is 0.478. The number of methoxy groups -OCH3 is 1. The number of aryl methyl sites for hydroxylation is 2. The first kappa shape index (κ1) is 24.6. The summed E-state index contributed by atoms with van der Waals surface area (Å²) in [6, 6.07) is 8.51. The number of halogens is 2. The van der Waals surface area contributed by atoms with Gasteiger partial charge in [0.2, 0.25) is 0 Å². The highest BCUT2D eigenvalue weighted by Crippen LogP contribution is 2.39. The molecule has 1 aliphatic carbocycles. The molecule has 1 unspecified atom stereocenters. The predicted octanol–water partition coefficient (Wildman–Crippen LogP) is 6.84. The van der Waals surface area contributed by atoms with Crippen molar-refractivity contribution in [2.75, 3.05) is 7.11 Å². The molecule has 0 radical (unpaired) electrons. The molecule has 1 aromatic heterocycles. The van der Waals surface area contributed by atoms with Gasteiger partial charge in [0, 0.05) is 21.6 Å². The Kier molecular flexibility index (Phi) is 9.65. The van der Waals surface area contributed by atoms with Crippen molar-refractivity contribution in [2.24, 2.45) is 11.8 Å². The molecule has 1 atom stereocenters. The molecule has 154 valence electrons. The Morgan fingerprint density at radius 2 is 1.82 bits per heavy atom. The van der Waals surface area contributed by atoms with Gasteiger partial charge in [-0.2, -0.15) is 0 Å². The number of hydrogen-bond donors (Lipinski definition) is 0. The molecule has 0 saturated carbocycles. The Labute approximate surface area is 183 Å². The number of nitrogens with zero attached hydrogens (tertiary/aromatic N) is 1. The Morgan fingerprint density at radius 3 is 2.36 bits per heavy atom. The van der Waals surface area contributed by atoms with Crippen LogP contribution in [0.25, 0.3) is 0 Å². The fourth-order valence-electron chi connectivity index (χ4n) is 3.39. The number of esters is 1. The second-order valence-electron chi connectivity index (χ2n) is 7.44. The highest BCUT2D eigenvalue weighted by molar-refractivity contribution is 9.10. The van der Waals surface area contributed by atoms with Crippen molar-refractivity contribution in [3.63, 3.8) is 0 Å². The Bertz CT molecular complexity index is 752. The predicted molar refractivity (Wildman–Crippen MR) is 121 cm³/mol. The number of carbonyl (C=O) groups excluding carboxylic acids is 1. The lowest BCUT2D eigenvalue weighted by Crippen LogP contribution is -2.12. The van der Waals surface area contributed by atoms with Crippen molar-refractivity contribution in [3.8, 4) is 0 Å². The lowest BCUT2D eigenvalue weighted by atomic mass is 9.83. The second kappa shape index (κ2) is 11.0. The van der Waals surface area contributed by atoms with Gasteiger partial charge in [-0.15, -0.1) is 0 Å². The molecule has 0 fully saturated rings. The Hall–Kier alpha value is -1.39. The molecule has 5 heteroatoms. The van der Waals surface area contributed by atoms with Crippen LogP contribution in [-0.2, 0) is 22.4 Å². The molecule has 1 aromatic carbocycles. The van der Waals surface area contributed by atoms with Crippen LogP contribution in [0, 0.1) is 11.8 Å². The smallest absolute Gasteiger partial charge is 0.308 e. The lowest BCUT2D eigenvalue weighted by Gasteiger charge is -2.23. The normalized spacial score (nSPS) is 14.8. The largest absolute Gasteiger partial charge is 0.469 e. The van der Waals surface area contributed by atoms with E-state index >= 15 is 0 Å². The van der Waals surface area contributed by atoms with Gasteiger partial charge < -0.3 is 4.74 Å². The molecule has 0 aliphatic heterocycles. The SMILES string of the molecule is C.CC(C)C1c2ccc(Cl)cc2CCc2cc(Br)cnc21.COC(=O)C(C)C. The van der Waals surface area contributed by atoms with Crippen molar-refractivity contribution in [3.05, 3.63) is 62.3 Å². The first-order valence-electron chi connectivity index (χ1n) is 9.25. The molecule has 0 amide bonds. The quantitative estimate of drug-likeness (QED) is 0.453. The minimum absolute atomic E-state index is 0. The molecule has 0 spiro atoms. The van der Waals surface area contributed by atoms with Crippen LogP contribution in [0.1, 0.15) is 63.4 Å². The number of hydrogen-bond acceptors (Lipinski definition) is 3. The third-order valence-corrected chi connectivity index (χ3v) is 5.37. The summed E-state index contributed by atoms with van der Waals surface area (Å²) in [6.45, 7) is 8.13. The van der Waals surface area contributed by atoms with Gasteiger partial charge in [0.25, 0.3) is 0 Å². The summed E-state index contributed by atoms with van der Waals surface area (Å²) in [5.41, 5.74) is 5.33. The zero-order chi connectivity index (χ0) is 20.1. The van der Waals surface area contributed by atoms with Gasteiger partial charge in [-0.05, 0) is 69.6 Å². The molecule has 3 nitrogen and oxygen atoms in total. The molecule has 2 aromatic rings. The van der Waals surface area contributed by atoms with Crippen molar-refractivity contribution in [1.29, 1.82) is 0 Å². The van der Waals surface area contributed by atoms with Gasteiger partial charge in [0.15, 0.2) is 0 Å². The Morgan fingerprint density at radius 1 is 1.18 bits per heavy atom. The van der Waals surface area contributed by atoms with Crippen LogP contribution in [0.2, 0.25) is 5.02 Å². The number of pyridine rings is 1. The van der Waals surface area contributed by atoms with Crippen LogP contribution in [-0.4, -0.2) is 18.1 Å². The summed E-state index contributed by atoms with van der Waals surface area (Å²) in [6.07, 6.45) is 3.97. The maximum atomic E-state index is 10.3. The van der Waals surface area contributed by atoms with Gasteiger partial charge in [-0.3, -0.25) is 9.78 Å². The zero-order valence-electron chi connectivity index (χ0n) is 16.6.